The maximum Gasteiger partial charge on any atom is 0.287 e. The summed E-state index contributed by atoms with van der Waals surface area (Å²) in [7, 11) is 1.96. The molecule has 0 aliphatic rings. The number of nitrogens with zero attached hydrogens (tertiary/aromatic N) is 4. The number of hydrogen-bond acceptors (Lipinski definition) is 4. The first-order valence-corrected chi connectivity index (χ1v) is 6.61. The minimum Gasteiger partial charge on any atom is -0.408 e. The van der Waals surface area contributed by atoms with Crippen molar-refractivity contribution in [3.05, 3.63) is 35.2 Å². The molecule has 3 aromatic rings. The number of para-hydroxylation sites is 1. The van der Waals surface area contributed by atoms with Crippen LogP contribution in [0.5, 0.6) is 0 Å². The molecule has 0 amide bonds. The van der Waals surface area contributed by atoms with Gasteiger partial charge in [-0.25, -0.2) is 4.68 Å². The van der Waals surface area contributed by atoms with Gasteiger partial charge < -0.3 is 8.98 Å². The Morgan fingerprint density at radius 1 is 1.40 bits per heavy atom. The Labute approximate surface area is 120 Å². The second-order valence-corrected chi connectivity index (χ2v) is 4.80. The minimum atomic E-state index is 0.292. The third-order valence-electron chi connectivity index (χ3n) is 3.21. The quantitative estimate of drug-likeness (QED) is 0.692. The Hall–Kier alpha value is -2.39. The lowest BCUT2D eigenvalue weighted by molar-refractivity contribution is 0.512. The Bertz CT molecular complexity index is 865. The molecule has 3 rings (SSSR count). The largest absolute Gasteiger partial charge is 0.408 e. The van der Waals surface area contributed by atoms with Crippen LogP contribution in [0.15, 0.2) is 34.7 Å². The van der Waals surface area contributed by atoms with Crippen LogP contribution >= 0.6 is 12.2 Å². The van der Waals surface area contributed by atoms with Gasteiger partial charge in [0.2, 0.25) is 0 Å². The predicted octanol–water partition coefficient (Wildman–Crippen LogP) is 3.28. The molecule has 0 saturated heterocycles. The Morgan fingerprint density at radius 3 is 2.95 bits per heavy atom. The van der Waals surface area contributed by atoms with Crippen LogP contribution < -0.4 is 0 Å². The highest BCUT2D eigenvalue weighted by Gasteiger charge is 2.13. The highest BCUT2D eigenvalue weighted by Crippen LogP contribution is 2.26. The van der Waals surface area contributed by atoms with E-state index in [2.05, 4.69) is 11.2 Å². The predicted molar refractivity (Wildman–Crippen MR) is 77.5 cm³/mol. The van der Waals surface area contributed by atoms with Crippen molar-refractivity contribution in [1.82, 2.24) is 14.3 Å². The smallest absolute Gasteiger partial charge is 0.287 e. The van der Waals surface area contributed by atoms with Crippen molar-refractivity contribution in [3.8, 4) is 17.7 Å². The molecule has 0 saturated carbocycles. The molecule has 0 radical (unpaired) electrons. The lowest BCUT2D eigenvalue weighted by Crippen LogP contribution is -2.00. The molecule has 0 aliphatic heterocycles. The van der Waals surface area contributed by atoms with E-state index in [9.17, 15) is 0 Å². The fourth-order valence-corrected chi connectivity index (χ4v) is 2.41. The zero-order valence-corrected chi connectivity index (χ0v) is 11.7. The summed E-state index contributed by atoms with van der Waals surface area (Å²) in [6.07, 6.45) is 0.357. The van der Waals surface area contributed by atoms with Crippen molar-refractivity contribution in [3.63, 3.8) is 0 Å². The number of benzene rings is 1. The third-order valence-corrected chi connectivity index (χ3v) is 3.51. The molecule has 6 heteroatoms. The molecule has 1 aromatic carbocycles. The number of nitriles is 1. The fraction of sp³-hybridized carbons (Fsp3) is 0.214. The Kier molecular flexibility index (Phi) is 3.12. The number of hydrogen-bond donors (Lipinski definition) is 0. The average Bonchev–Trinajstić information content (AvgIpc) is 2.98. The van der Waals surface area contributed by atoms with Gasteiger partial charge in [0.25, 0.3) is 10.7 Å². The molecule has 2 aromatic heterocycles. The lowest BCUT2D eigenvalue weighted by atomic mass is 10.2. The van der Waals surface area contributed by atoms with Gasteiger partial charge in [0.05, 0.1) is 19.0 Å². The van der Waals surface area contributed by atoms with E-state index < -0.39 is 0 Å². The van der Waals surface area contributed by atoms with Crippen molar-refractivity contribution in [2.75, 3.05) is 0 Å². The number of aryl methyl sites for hydroxylation is 2. The Morgan fingerprint density at radius 2 is 2.20 bits per heavy atom. The van der Waals surface area contributed by atoms with Crippen molar-refractivity contribution in [2.24, 2.45) is 7.05 Å². The van der Waals surface area contributed by atoms with Crippen LogP contribution in [0.1, 0.15) is 6.42 Å². The topological polar surface area (TPSA) is 59.7 Å². The molecule has 0 spiro atoms. The average molecular weight is 284 g/mol. The molecule has 0 unspecified atom stereocenters. The first-order chi connectivity index (χ1) is 9.70. The SMILES string of the molecule is Cn1c(-c2nn(CCC#N)c(=S)o2)cc2ccccc21. The minimum absolute atomic E-state index is 0.292. The standard InChI is InChI=1S/C14H12N4OS/c1-17-11-6-3-2-5-10(11)9-12(17)13-16-18(8-4-7-15)14(20)19-13/h2-3,5-6,9H,4,8H2,1H3. The monoisotopic (exact) mass is 284 g/mol. The van der Waals surface area contributed by atoms with E-state index in [1.165, 1.54) is 0 Å². The van der Waals surface area contributed by atoms with Crippen LogP contribution in [0.4, 0.5) is 0 Å². The highest BCUT2D eigenvalue weighted by molar-refractivity contribution is 7.71. The van der Waals surface area contributed by atoms with E-state index in [1.807, 2.05) is 41.9 Å². The first-order valence-electron chi connectivity index (χ1n) is 6.20. The van der Waals surface area contributed by atoms with Crippen LogP contribution in [-0.2, 0) is 13.6 Å². The number of fused-ring (bicyclic) bond motifs is 1. The zero-order valence-electron chi connectivity index (χ0n) is 10.9. The summed E-state index contributed by atoms with van der Waals surface area (Å²) in [6.45, 7) is 0.447. The van der Waals surface area contributed by atoms with Gasteiger partial charge in [-0.15, -0.1) is 5.10 Å². The van der Waals surface area contributed by atoms with E-state index in [-0.39, 0.29) is 0 Å². The van der Waals surface area contributed by atoms with Gasteiger partial charge in [-0.1, -0.05) is 18.2 Å². The maximum absolute atomic E-state index is 8.62. The van der Waals surface area contributed by atoms with Gasteiger partial charge in [0.15, 0.2) is 0 Å². The molecule has 0 fully saturated rings. The second kappa shape index (κ2) is 4.94. The summed E-state index contributed by atoms with van der Waals surface area (Å²) >= 11 is 5.13. The number of rotatable bonds is 3. The van der Waals surface area contributed by atoms with E-state index in [1.54, 1.807) is 4.68 Å². The van der Waals surface area contributed by atoms with E-state index in [0.717, 1.165) is 16.6 Å². The first kappa shape index (κ1) is 12.6. The van der Waals surface area contributed by atoms with Gasteiger partial charge in [-0.3, -0.25) is 0 Å². The van der Waals surface area contributed by atoms with Crippen molar-refractivity contribution < 1.29 is 4.42 Å². The van der Waals surface area contributed by atoms with Crippen LogP contribution in [0, 0.1) is 16.2 Å². The zero-order chi connectivity index (χ0) is 14.1. The third kappa shape index (κ3) is 2.02. The molecule has 0 bridgehead atoms. The number of aromatic nitrogens is 3. The molecular formula is C14H12N4OS. The molecule has 0 atom stereocenters. The van der Waals surface area contributed by atoms with Crippen molar-refractivity contribution >= 4 is 23.1 Å². The Balaban J connectivity index is 2.10. The van der Waals surface area contributed by atoms with Gasteiger partial charge in [0.1, 0.15) is 5.69 Å². The normalized spacial score (nSPS) is 10.8. The van der Waals surface area contributed by atoms with Crippen LogP contribution in [0.2, 0.25) is 0 Å². The van der Waals surface area contributed by atoms with Crippen molar-refractivity contribution in [2.45, 2.75) is 13.0 Å². The van der Waals surface area contributed by atoms with Crippen LogP contribution in [-0.4, -0.2) is 14.3 Å². The van der Waals surface area contributed by atoms with E-state index in [4.69, 9.17) is 21.9 Å². The van der Waals surface area contributed by atoms with Crippen LogP contribution in [0.3, 0.4) is 0 Å². The van der Waals surface area contributed by atoms with Gasteiger partial charge >= 0.3 is 0 Å². The molecule has 0 aliphatic carbocycles. The highest BCUT2D eigenvalue weighted by atomic mass is 32.1. The molecule has 2 heterocycles. The molecule has 5 nitrogen and oxygen atoms in total. The summed E-state index contributed by atoms with van der Waals surface area (Å²) in [5, 5.41) is 14.1. The van der Waals surface area contributed by atoms with Crippen LogP contribution in [0.25, 0.3) is 22.5 Å². The summed E-state index contributed by atoms with van der Waals surface area (Å²) in [6, 6.07) is 12.2. The lowest BCUT2D eigenvalue weighted by Gasteiger charge is -1.99. The van der Waals surface area contributed by atoms with Gasteiger partial charge in [-0.2, -0.15) is 5.26 Å². The summed E-state index contributed by atoms with van der Waals surface area (Å²) < 4.78 is 9.11. The molecular weight excluding hydrogens is 272 g/mol. The van der Waals surface area contributed by atoms with Gasteiger partial charge in [-0.05, 0) is 24.4 Å². The van der Waals surface area contributed by atoms with Gasteiger partial charge in [0, 0.05) is 18.0 Å². The fourth-order valence-electron chi connectivity index (χ4n) is 2.20. The summed E-state index contributed by atoms with van der Waals surface area (Å²) in [5.41, 5.74) is 1.98. The summed E-state index contributed by atoms with van der Waals surface area (Å²) in [5.74, 6) is 0.478. The molecule has 100 valence electrons. The molecule has 20 heavy (non-hydrogen) atoms. The summed E-state index contributed by atoms with van der Waals surface area (Å²) in [4.78, 5) is 0.292. The molecule has 0 N–H and O–H groups in total. The van der Waals surface area contributed by atoms with E-state index >= 15 is 0 Å². The van der Waals surface area contributed by atoms with Crippen molar-refractivity contribution in [1.29, 1.82) is 5.26 Å². The maximum atomic E-state index is 8.62. The van der Waals surface area contributed by atoms with E-state index in [0.29, 0.717) is 23.7 Å². The second-order valence-electron chi connectivity index (χ2n) is 4.45.